The summed E-state index contributed by atoms with van der Waals surface area (Å²) in [7, 11) is 1.59. The van der Waals surface area contributed by atoms with Crippen molar-refractivity contribution >= 4 is 23.3 Å². The number of methoxy groups -OCH3 is 1. The fourth-order valence-corrected chi connectivity index (χ4v) is 2.11. The third-order valence-corrected chi connectivity index (χ3v) is 3.31. The molecule has 0 heterocycles. The van der Waals surface area contributed by atoms with E-state index in [-0.39, 0.29) is 0 Å². The van der Waals surface area contributed by atoms with Crippen molar-refractivity contribution < 1.29 is 4.74 Å². The average molecular weight is 273 g/mol. The van der Waals surface area contributed by atoms with E-state index in [1.54, 1.807) is 25.3 Å². The number of hydrogen-bond donors (Lipinski definition) is 3. The molecule has 0 unspecified atom stereocenters. The Morgan fingerprint density at radius 3 is 2.68 bits per heavy atom. The third-order valence-electron chi connectivity index (χ3n) is 2.79. The van der Waals surface area contributed by atoms with E-state index in [1.165, 1.54) is 0 Å². The van der Waals surface area contributed by atoms with Crippen LogP contribution in [0.25, 0.3) is 0 Å². The molecule has 0 amide bonds. The molecular formula is C14H15N3OS. The summed E-state index contributed by atoms with van der Waals surface area (Å²) in [5, 5.41) is 13.8. The summed E-state index contributed by atoms with van der Waals surface area (Å²) in [6.07, 6.45) is 0. The van der Waals surface area contributed by atoms with Gasteiger partial charge in [0.15, 0.2) is 0 Å². The smallest absolute Gasteiger partial charge is 0.119 e. The van der Waals surface area contributed by atoms with Crippen LogP contribution in [0.4, 0.5) is 5.69 Å². The Labute approximate surface area is 116 Å². The van der Waals surface area contributed by atoms with Gasteiger partial charge in [-0.3, -0.25) is 10.5 Å². The molecule has 0 aliphatic carbocycles. The molecule has 2 aromatic rings. The standard InChI is InChI=1S/C14H15N3OS/c1-18-10-5-6-13(15)12(8-10)14(16)9-3-2-4-11(7-9)19-17/h2-8,16H,15,17H2,1H3. The second-order valence-corrected chi connectivity index (χ2v) is 4.68. The molecule has 0 fully saturated rings. The first-order chi connectivity index (χ1) is 9.15. The molecule has 4 nitrogen and oxygen atoms in total. The number of nitrogens with one attached hydrogen (secondary N) is 1. The Balaban J connectivity index is 2.43. The molecule has 0 saturated heterocycles. The van der Waals surface area contributed by atoms with Gasteiger partial charge in [-0.2, -0.15) is 0 Å². The van der Waals surface area contributed by atoms with Crippen molar-refractivity contribution in [2.24, 2.45) is 5.14 Å². The topological polar surface area (TPSA) is 85.1 Å². The molecule has 0 aromatic heterocycles. The van der Waals surface area contributed by atoms with Crippen LogP contribution in [0.2, 0.25) is 0 Å². The molecule has 5 heteroatoms. The second kappa shape index (κ2) is 5.77. The Bertz CT molecular complexity index is 613. The number of hydrogen-bond acceptors (Lipinski definition) is 5. The Kier molecular flexibility index (Phi) is 4.09. The molecule has 0 saturated carbocycles. The minimum absolute atomic E-state index is 0.354. The third kappa shape index (κ3) is 2.89. The van der Waals surface area contributed by atoms with E-state index in [0.717, 1.165) is 22.4 Å². The zero-order chi connectivity index (χ0) is 13.8. The highest BCUT2D eigenvalue weighted by Gasteiger charge is 2.10. The van der Waals surface area contributed by atoms with Crippen molar-refractivity contribution in [3.8, 4) is 5.75 Å². The van der Waals surface area contributed by atoms with Gasteiger partial charge >= 0.3 is 0 Å². The lowest BCUT2D eigenvalue weighted by molar-refractivity contribution is 0.415. The SMILES string of the molecule is COc1ccc(N)c(C(=N)c2cccc(SN)c2)c1. The molecule has 0 spiro atoms. The normalized spacial score (nSPS) is 10.2. The largest absolute Gasteiger partial charge is 0.497 e. The zero-order valence-corrected chi connectivity index (χ0v) is 11.3. The predicted molar refractivity (Wildman–Crippen MR) is 79.8 cm³/mol. The summed E-state index contributed by atoms with van der Waals surface area (Å²) in [4.78, 5) is 0.906. The van der Waals surface area contributed by atoms with Crippen LogP contribution >= 0.6 is 11.9 Å². The summed E-state index contributed by atoms with van der Waals surface area (Å²) >= 11 is 1.15. The first-order valence-corrected chi connectivity index (χ1v) is 6.53. The molecule has 0 aliphatic heterocycles. The van der Waals surface area contributed by atoms with Crippen molar-refractivity contribution in [3.05, 3.63) is 53.6 Å². The highest BCUT2D eigenvalue weighted by atomic mass is 32.2. The molecule has 19 heavy (non-hydrogen) atoms. The predicted octanol–water partition coefficient (Wildman–Crippen LogP) is 2.66. The molecular weight excluding hydrogens is 258 g/mol. The summed E-state index contributed by atoms with van der Waals surface area (Å²) in [5.41, 5.74) is 8.26. The molecule has 0 atom stereocenters. The summed E-state index contributed by atoms with van der Waals surface area (Å²) in [6, 6.07) is 12.8. The van der Waals surface area contributed by atoms with E-state index in [9.17, 15) is 0 Å². The van der Waals surface area contributed by atoms with Crippen LogP contribution in [0.15, 0.2) is 47.4 Å². The van der Waals surface area contributed by atoms with Gasteiger partial charge < -0.3 is 10.5 Å². The van der Waals surface area contributed by atoms with Crippen LogP contribution in [-0.2, 0) is 0 Å². The lowest BCUT2D eigenvalue weighted by Crippen LogP contribution is -2.06. The van der Waals surface area contributed by atoms with Gasteiger partial charge in [-0.1, -0.05) is 12.1 Å². The highest BCUT2D eigenvalue weighted by Crippen LogP contribution is 2.23. The van der Waals surface area contributed by atoms with Gasteiger partial charge in [0.25, 0.3) is 0 Å². The fourth-order valence-electron chi connectivity index (χ4n) is 1.76. The molecule has 98 valence electrons. The molecule has 5 N–H and O–H groups in total. The maximum absolute atomic E-state index is 8.27. The van der Waals surface area contributed by atoms with Gasteiger partial charge in [0.1, 0.15) is 5.75 Å². The molecule has 2 aromatic carbocycles. The number of nitrogens with two attached hydrogens (primary N) is 2. The lowest BCUT2D eigenvalue weighted by Gasteiger charge is -2.10. The van der Waals surface area contributed by atoms with Crippen LogP contribution in [0, 0.1) is 5.41 Å². The maximum atomic E-state index is 8.27. The van der Waals surface area contributed by atoms with E-state index in [1.807, 2.05) is 24.3 Å². The number of anilines is 1. The van der Waals surface area contributed by atoms with Crippen LogP contribution in [0.3, 0.4) is 0 Å². The van der Waals surface area contributed by atoms with Crippen LogP contribution in [0.5, 0.6) is 5.75 Å². The van der Waals surface area contributed by atoms with Gasteiger partial charge in [-0.25, -0.2) is 0 Å². The van der Waals surface area contributed by atoms with Crippen LogP contribution in [0.1, 0.15) is 11.1 Å². The van der Waals surface area contributed by atoms with Crippen molar-refractivity contribution in [2.75, 3.05) is 12.8 Å². The van der Waals surface area contributed by atoms with E-state index in [0.29, 0.717) is 22.7 Å². The average Bonchev–Trinajstić information content (AvgIpc) is 2.47. The van der Waals surface area contributed by atoms with Crippen molar-refractivity contribution in [1.29, 1.82) is 5.41 Å². The summed E-state index contributed by atoms with van der Waals surface area (Å²) < 4.78 is 5.16. The molecule has 2 rings (SSSR count). The monoisotopic (exact) mass is 273 g/mol. The van der Waals surface area contributed by atoms with Crippen LogP contribution < -0.4 is 15.6 Å². The number of benzene rings is 2. The van der Waals surface area contributed by atoms with E-state index < -0.39 is 0 Å². The Hall–Kier alpha value is -1.98. The minimum atomic E-state index is 0.354. The van der Waals surface area contributed by atoms with Crippen molar-refractivity contribution in [2.45, 2.75) is 4.90 Å². The van der Waals surface area contributed by atoms with Gasteiger partial charge in [0, 0.05) is 21.7 Å². The van der Waals surface area contributed by atoms with Gasteiger partial charge in [-0.05, 0) is 42.3 Å². The molecule has 0 bridgehead atoms. The second-order valence-electron chi connectivity index (χ2n) is 3.97. The summed E-state index contributed by atoms with van der Waals surface area (Å²) in [5.74, 6) is 0.679. The number of ether oxygens (including phenoxy) is 1. The Morgan fingerprint density at radius 1 is 1.21 bits per heavy atom. The van der Waals surface area contributed by atoms with E-state index in [2.05, 4.69) is 0 Å². The minimum Gasteiger partial charge on any atom is -0.497 e. The van der Waals surface area contributed by atoms with E-state index in [4.69, 9.17) is 21.0 Å². The molecule has 0 radical (unpaired) electrons. The lowest BCUT2D eigenvalue weighted by atomic mass is 10.0. The Morgan fingerprint density at radius 2 is 2.00 bits per heavy atom. The first-order valence-electron chi connectivity index (χ1n) is 5.65. The van der Waals surface area contributed by atoms with Crippen molar-refractivity contribution in [3.63, 3.8) is 0 Å². The fraction of sp³-hybridized carbons (Fsp3) is 0.0714. The van der Waals surface area contributed by atoms with Crippen LogP contribution in [-0.4, -0.2) is 12.8 Å². The van der Waals surface area contributed by atoms with Gasteiger partial charge in [0.05, 0.1) is 12.8 Å². The maximum Gasteiger partial charge on any atom is 0.119 e. The first kappa shape index (κ1) is 13.5. The van der Waals surface area contributed by atoms with Gasteiger partial charge in [-0.15, -0.1) is 0 Å². The number of rotatable bonds is 4. The van der Waals surface area contributed by atoms with E-state index >= 15 is 0 Å². The molecule has 0 aliphatic rings. The van der Waals surface area contributed by atoms with Crippen molar-refractivity contribution in [1.82, 2.24) is 0 Å². The number of nitrogen functional groups attached to an aromatic ring is 1. The zero-order valence-electron chi connectivity index (χ0n) is 10.5. The quantitative estimate of drug-likeness (QED) is 0.454. The highest BCUT2D eigenvalue weighted by molar-refractivity contribution is 7.97. The van der Waals surface area contributed by atoms with Gasteiger partial charge in [0.2, 0.25) is 0 Å². The summed E-state index contributed by atoms with van der Waals surface area (Å²) in [6.45, 7) is 0.